The van der Waals surface area contributed by atoms with Crippen molar-refractivity contribution in [2.24, 2.45) is 0 Å². The lowest BCUT2D eigenvalue weighted by atomic mass is 10.1. The van der Waals surface area contributed by atoms with E-state index >= 15 is 0 Å². The van der Waals surface area contributed by atoms with Gasteiger partial charge in [-0.3, -0.25) is 9.97 Å². The highest BCUT2D eigenvalue weighted by atomic mass is 35.5. The minimum Gasteiger partial charge on any atom is -0.507 e. The first-order chi connectivity index (χ1) is 6.77. The molecule has 1 aromatic carbocycles. The monoisotopic (exact) mass is 206 g/mol. The number of hydrogen-bond acceptors (Lipinski definition) is 3. The van der Waals surface area contributed by atoms with Crippen LogP contribution < -0.4 is 0 Å². The van der Waals surface area contributed by atoms with Gasteiger partial charge in [0.05, 0.1) is 11.9 Å². The standard InChI is InChI=1S/C10H7ClN2O/c11-7-1-2-8(10(14)5-7)9-6-12-3-4-13-9/h1-6,14H. The average molecular weight is 207 g/mol. The molecule has 0 radical (unpaired) electrons. The number of nitrogens with zero attached hydrogens (tertiary/aromatic N) is 2. The average Bonchev–Trinajstić information content (AvgIpc) is 2.19. The molecule has 2 rings (SSSR count). The molecule has 1 heterocycles. The van der Waals surface area contributed by atoms with Gasteiger partial charge in [-0.1, -0.05) is 11.6 Å². The van der Waals surface area contributed by atoms with Gasteiger partial charge in [-0.15, -0.1) is 0 Å². The molecule has 0 aliphatic heterocycles. The smallest absolute Gasteiger partial charge is 0.126 e. The Hall–Kier alpha value is -1.61. The zero-order chi connectivity index (χ0) is 9.97. The number of aromatic nitrogens is 2. The maximum atomic E-state index is 9.59. The highest BCUT2D eigenvalue weighted by Crippen LogP contribution is 2.29. The van der Waals surface area contributed by atoms with Gasteiger partial charge in [-0.2, -0.15) is 0 Å². The second kappa shape index (κ2) is 3.64. The van der Waals surface area contributed by atoms with E-state index in [2.05, 4.69) is 9.97 Å². The third kappa shape index (κ3) is 1.67. The number of aromatic hydroxyl groups is 1. The maximum Gasteiger partial charge on any atom is 0.126 e. The fraction of sp³-hybridized carbons (Fsp3) is 0. The predicted molar refractivity (Wildman–Crippen MR) is 54.1 cm³/mol. The lowest BCUT2D eigenvalue weighted by Crippen LogP contribution is -1.84. The van der Waals surface area contributed by atoms with E-state index in [4.69, 9.17) is 11.6 Å². The normalized spacial score (nSPS) is 10.1. The molecular formula is C10H7ClN2O. The van der Waals surface area contributed by atoms with Crippen LogP contribution in [-0.4, -0.2) is 15.1 Å². The van der Waals surface area contributed by atoms with Crippen LogP contribution in [0, 0.1) is 0 Å². The summed E-state index contributed by atoms with van der Waals surface area (Å²) in [6.07, 6.45) is 4.74. The summed E-state index contributed by atoms with van der Waals surface area (Å²) < 4.78 is 0. The van der Waals surface area contributed by atoms with Crippen molar-refractivity contribution in [3.63, 3.8) is 0 Å². The first-order valence-electron chi connectivity index (χ1n) is 4.02. The summed E-state index contributed by atoms with van der Waals surface area (Å²) in [7, 11) is 0. The number of halogens is 1. The van der Waals surface area contributed by atoms with E-state index < -0.39 is 0 Å². The molecule has 0 aliphatic carbocycles. The van der Waals surface area contributed by atoms with Gasteiger partial charge in [0.15, 0.2) is 0 Å². The van der Waals surface area contributed by atoms with Crippen molar-refractivity contribution in [3.8, 4) is 17.0 Å². The van der Waals surface area contributed by atoms with E-state index in [0.717, 1.165) is 0 Å². The molecule has 0 bridgehead atoms. The molecule has 0 saturated carbocycles. The molecule has 0 unspecified atom stereocenters. The quantitative estimate of drug-likeness (QED) is 0.780. The Morgan fingerprint density at radius 3 is 2.71 bits per heavy atom. The number of benzene rings is 1. The molecule has 0 atom stereocenters. The Kier molecular flexibility index (Phi) is 2.33. The van der Waals surface area contributed by atoms with Gasteiger partial charge in [0.2, 0.25) is 0 Å². The Labute approximate surface area is 86.0 Å². The molecule has 0 aliphatic rings. The van der Waals surface area contributed by atoms with Gasteiger partial charge in [-0.05, 0) is 18.2 Å². The van der Waals surface area contributed by atoms with Crippen LogP contribution in [0.15, 0.2) is 36.8 Å². The zero-order valence-electron chi connectivity index (χ0n) is 7.18. The lowest BCUT2D eigenvalue weighted by molar-refractivity contribution is 0.477. The number of phenolic OH excluding ortho intramolecular Hbond substituents is 1. The van der Waals surface area contributed by atoms with Gasteiger partial charge in [-0.25, -0.2) is 0 Å². The van der Waals surface area contributed by atoms with Gasteiger partial charge >= 0.3 is 0 Å². The molecule has 0 amide bonds. The first-order valence-corrected chi connectivity index (χ1v) is 4.40. The third-order valence-electron chi connectivity index (χ3n) is 1.80. The Morgan fingerprint density at radius 1 is 1.21 bits per heavy atom. The van der Waals surface area contributed by atoms with Crippen LogP contribution in [0.3, 0.4) is 0 Å². The van der Waals surface area contributed by atoms with Crippen molar-refractivity contribution in [1.82, 2.24) is 9.97 Å². The summed E-state index contributed by atoms with van der Waals surface area (Å²) in [4.78, 5) is 7.99. The van der Waals surface area contributed by atoms with Crippen molar-refractivity contribution >= 4 is 11.6 Å². The van der Waals surface area contributed by atoms with Gasteiger partial charge in [0.1, 0.15) is 5.75 Å². The fourth-order valence-corrected chi connectivity index (χ4v) is 1.33. The molecule has 14 heavy (non-hydrogen) atoms. The maximum absolute atomic E-state index is 9.59. The second-order valence-electron chi connectivity index (χ2n) is 2.75. The summed E-state index contributed by atoms with van der Waals surface area (Å²) in [6, 6.07) is 4.89. The second-order valence-corrected chi connectivity index (χ2v) is 3.19. The van der Waals surface area contributed by atoms with Crippen LogP contribution in [0.1, 0.15) is 0 Å². The first kappa shape index (κ1) is 8.97. The Morgan fingerprint density at radius 2 is 2.07 bits per heavy atom. The van der Waals surface area contributed by atoms with Gasteiger partial charge in [0.25, 0.3) is 0 Å². The van der Waals surface area contributed by atoms with Crippen molar-refractivity contribution in [3.05, 3.63) is 41.8 Å². The summed E-state index contributed by atoms with van der Waals surface area (Å²) in [5.74, 6) is 0.109. The van der Waals surface area contributed by atoms with Crippen LogP contribution in [-0.2, 0) is 0 Å². The van der Waals surface area contributed by atoms with Crippen molar-refractivity contribution < 1.29 is 5.11 Å². The fourth-order valence-electron chi connectivity index (χ4n) is 1.16. The SMILES string of the molecule is Oc1cc(Cl)ccc1-c1cnccn1. The van der Waals surface area contributed by atoms with Crippen LogP contribution in [0.2, 0.25) is 5.02 Å². The summed E-state index contributed by atoms with van der Waals surface area (Å²) >= 11 is 5.71. The molecule has 0 spiro atoms. The highest BCUT2D eigenvalue weighted by Gasteiger charge is 2.05. The van der Waals surface area contributed by atoms with Crippen LogP contribution in [0.5, 0.6) is 5.75 Å². The molecule has 2 aromatic rings. The molecule has 0 saturated heterocycles. The third-order valence-corrected chi connectivity index (χ3v) is 2.03. The van der Waals surface area contributed by atoms with Gasteiger partial charge in [0, 0.05) is 23.0 Å². The molecule has 0 fully saturated rings. The van der Waals surface area contributed by atoms with Crippen molar-refractivity contribution in [2.45, 2.75) is 0 Å². The minimum absolute atomic E-state index is 0.109. The molecule has 4 heteroatoms. The van der Waals surface area contributed by atoms with E-state index in [1.807, 2.05) is 0 Å². The topological polar surface area (TPSA) is 46.0 Å². The van der Waals surface area contributed by atoms with E-state index in [-0.39, 0.29) is 5.75 Å². The highest BCUT2D eigenvalue weighted by molar-refractivity contribution is 6.30. The van der Waals surface area contributed by atoms with Crippen molar-refractivity contribution in [2.75, 3.05) is 0 Å². The Balaban J connectivity index is 2.53. The lowest BCUT2D eigenvalue weighted by Gasteiger charge is -2.02. The molecule has 1 aromatic heterocycles. The Bertz CT molecular complexity index is 445. The van der Waals surface area contributed by atoms with Gasteiger partial charge < -0.3 is 5.11 Å². The molecule has 70 valence electrons. The molecule has 1 N–H and O–H groups in total. The number of rotatable bonds is 1. The summed E-state index contributed by atoms with van der Waals surface area (Å²) in [5.41, 5.74) is 1.25. The number of phenols is 1. The largest absolute Gasteiger partial charge is 0.507 e. The van der Waals surface area contributed by atoms with Crippen LogP contribution >= 0.6 is 11.6 Å². The van der Waals surface area contributed by atoms with Crippen LogP contribution in [0.25, 0.3) is 11.3 Å². The summed E-state index contributed by atoms with van der Waals surface area (Å²) in [5, 5.41) is 10.1. The van der Waals surface area contributed by atoms with E-state index in [1.165, 1.54) is 6.07 Å². The summed E-state index contributed by atoms with van der Waals surface area (Å²) in [6.45, 7) is 0. The molecular weight excluding hydrogens is 200 g/mol. The number of hydrogen-bond donors (Lipinski definition) is 1. The van der Waals surface area contributed by atoms with E-state index in [0.29, 0.717) is 16.3 Å². The minimum atomic E-state index is 0.109. The van der Waals surface area contributed by atoms with E-state index in [9.17, 15) is 5.11 Å². The predicted octanol–water partition coefficient (Wildman–Crippen LogP) is 2.50. The van der Waals surface area contributed by atoms with Crippen molar-refractivity contribution in [1.29, 1.82) is 0 Å². The van der Waals surface area contributed by atoms with E-state index in [1.54, 1.807) is 30.7 Å². The zero-order valence-corrected chi connectivity index (χ0v) is 7.94. The van der Waals surface area contributed by atoms with Crippen LogP contribution in [0.4, 0.5) is 0 Å². The molecule has 3 nitrogen and oxygen atoms in total.